The first-order valence-electron chi connectivity index (χ1n) is 25.2. The summed E-state index contributed by atoms with van der Waals surface area (Å²) in [6.07, 6.45) is 14.8. The molecule has 0 fully saturated rings. The Hall–Kier alpha value is -5.49. The van der Waals surface area contributed by atoms with E-state index in [2.05, 4.69) is 169 Å². The van der Waals surface area contributed by atoms with Crippen LogP contribution in [0.4, 0.5) is 0 Å². The van der Waals surface area contributed by atoms with Crippen molar-refractivity contribution in [3.05, 3.63) is 126 Å². The van der Waals surface area contributed by atoms with E-state index >= 15 is 0 Å². The van der Waals surface area contributed by atoms with Crippen LogP contribution in [0.5, 0.6) is 0 Å². The van der Waals surface area contributed by atoms with Gasteiger partial charge in [-0.25, -0.2) is 0 Å². The fourth-order valence-corrected chi connectivity index (χ4v) is 9.27. The second kappa shape index (κ2) is 23.3. The van der Waals surface area contributed by atoms with Crippen LogP contribution in [-0.2, 0) is 19.3 Å². The summed E-state index contributed by atoms with van der Waals surface area (Å²) in [6, 6.07) is 38.6. The van der Waals surface area contributed by atoms with Gasteiger partial charge in [-0.3, -0.25) is 0 Å². The van der Waals surface area contributed by atoms with Crippen LogP contribution >= 0.6 is 0 Å². The van der Waals surface area contributed by atoms with Gasteiger partial charge in [0.2, 0.25) is 0 Å². The van der Waals surface area contributed by atoms with Crippen molar-refractivity contribution in [1.29, 1.82) is 0 Å². The van der Waals surface area contributed by atoms with Crippen LogP contribution in [0.25, 0.3) is 67.7 Å². The molecule has 7 aromatic rings. The predicted molar refractivity (Wildman–Crippen MR) is 274 cm³/mol. The molecule has 6 heteroatoms. The number of benzene rings is 4. The van der Waals surface area contributed by atoms with Gasteiger partial charge in [0.25, 0.3) is 0 Å². The number of hydrogen-bond donors (Lipinski definition) is 0. The second-order valence-corrected chi connectivity index (χ2v) is 21.0. The first-order valence-corrected chi connectivity index (χ1v) is 25.2. The average Bonchev–Trinajstić information content (AvgIpc) is 4.10. The molecule has 0 saturated heterocycles. The Morgan fingerprint density at radius 2 is 0.576 bits per heavy atom. The highest BCUT2D eigenvalue weighted by Crippen LogP contribution is 2.37. The molecule has 3 heterocycles. The van der Waals surface area contributed by atoms with E-state index < -0.39 is 0 Å². The molecule has 3 aromatic heterocycles. The molecule has 0 aliphatic carbocycles. The summed E-state index contributed by atoms with van der Waals surface area (Å²) >= 11 is 0. The molecule has 0 bridgehead atoms. The summed E-state index contributed by atoms with van der Waals surface area (Å²) in [4.78, 5) is 0. The van der Waals surface area contributed by atoms with Crippen LogP contribution in [-0.4, -0.2) is 15.5 Å². The number of hydrogen-bond acceptors (Lipinski definition) is 6. The van der Waals surface area contributed by atoms with Crippen LogP contribution in [0, 0.1) is 35.5 Å². The highest BCUT2D eigenvalue weighted by Gasteiger charge is 2.19. The molecule has 0 aliphatic rings. The minimum Gasteiger partial charge on any atom is -0.356 e. The summed E-state index contributed by atoms with van der Waals surface area (Å²) in [5.41, 5.74) is 12.1. The monoisotopic (exact) mass is 886 g/mol. The van der Waals surface area contributed by atoms with Crippen molar-refractivity contribution in [2.24, 2.45) is 35.5 Å². The van der Waals surface area contributed by atoms with Gasteiger partial charge in [-0.1, -0.05) is 208 Å². The highest BCUT2D eigenvalue weighted by atomic mass is 16.5. The molecule has 7 rings (SSSR count). The quantitative estimate of drug-likeness (QED) is 0.0601. The Kier molecular flexibility index (Phi) is 17.1. The fourth-order valence-electron chi connectivity index (χ4n) is 9.27. The van der Waals surface area contributed by atoms with Gasteiger partial charge in [0.05, 0.1) is 0 Å². The largest absolute Gasteiger partial charge is 0.356 e. The van der Waals surface area contributed by atoms with Crippen molar-refractivity contribution < 1.29 is 13.6 Å². The Morgan fingerprint density at radius 3 is 0.818 bits per heavy atom. The standard InChI is InChI=1S/C60H75N3O3/c1-40(2)13-10-16-43(7)31-46-19-25-49(26-20-46)55-37-58(64-61-55)52-34-53(59-38-56(62-65-59)50-27-21-47(22-28-50)32-44(8)17-11-14-41(3)4)36-54(35-52)60-39-57(63-66-60)51-29-23-48(24-30-51)33-45(9)18-12-15-42(5)6/h19-30,34-45H,10-18,31-33H2,1-9H3/t43-,44-,45-/m1/s1. The normalized spacial score (nSPS) is 13.3. The fraction of sp³-hybridized carbons (Fsp3) is 0.450. The Labute approximate surface area is 396 Å². The van der Waals surface area contributed by atoms with E-state index in [-0.39, 0.29) is 0 Å². The zero-order chi connectivity index (χ0) is 46.6. The minimum atomic E-state index is 0.651. The topological polar surface area (TPSA) is 78.1 Å². The molecule has 0 unspecified atom stereocenters. The van der Waals surface area contributed by atoms with Crippen molar-refractivity contribution in [2.45, 2.75) is 139 Å². The third kappa shape index (κ3) is 14.0. The summed E-state index contributed by atoms with van der Waals surface area (Å²) in [7, 11) is 0. The Bertz CT molecular complexity index is 2230. The molecule has 3 atom stereocenters. The first kappa shape index (κ1) is 48.4. The van der Waals surface area contributed by atoms with Crippen molar-refractivity contribution in [3.8, 4) is 67.7 Å². The van der Waals surface area contributed by atoms with E-state index in [1.165, 1.54) is 74.5 Å². The predicted octanol–water partition coefficient (Wildman–Crippen LogP) is 17.7. The third-order valence-corrected chi connectivity index (χ3v) is 13.3. The smallest absolute Gasteiger partial charge is 0.167 e. The van der Waals surface area contributed by atoms with Crippen molar-refractivity contribution in [3.63, 3.8) is 0 Å². The van der Waals surface area contributed by atoms with Crippen LogP contribution < -0.4 is 0 Å². The zero-order valence-electron chi connectivity index (χ0n) is 41.4. The van der Waals surface area contributed by atoms with Crippen LogP contribution in [0.2, 0.25) is 0 Å². The maximum absolute atomic E-state index is 6.09. The number of rotatable bonds is 24. The first-order chi connectivity index (χ1) is 31.8. The van der Waals surface area contributed by atoms with Crippen molar-refractivity contribution in [2.75, 3.05) is 0 Å². The molecule has 0 saturated carbocycles. The van der Waals surface area contributed by atoms with Crippen molar-refractivity contribution >= 4 is 0 Å². The molecule has 4 aromatic carbocycles. The van der Waals surface area contributed by atoms with Crippen LogP contribution in [0.15, 0.2) is 123 Å². The molecule has 348 valence electrons. The van der Waals surface area contributed by atoms with E-state index in [4.69, 9.17) is 13.6 Å². The summed E-state index contributed by atoms with van der Waals surface area (Å²) in [6.45, 7) is 20.9. The molecule has 0 aliphatic heterocycles. The summed E-state index contributed by atoms with van der Waals surface area (Å²) in [5.74, 6) is 6.20. The van der Waals surface area contributed by atoms with Gasteiger partial charge < -0.3 is 13.6 Å². The van der Waals surface area contributed by atoms with Gasteiger partial charge in [-0.15, -0.1) is 0 Å². The molecule has 0 radical (unpaired) electrons. The maximum Gasteiger partial charge on any atom is 0.167 e. The average molecular weight is 886 g/mol. The summed E-state index contributed by atoms with van der Waals surface area (Å²) in [5, 5.41) is 13.6. The zero-order valence-corrected chi connectivity index (χ0v) is 41.4. The molecule has 0 spiro atoms. The van der Waals surface area contributed by atoms with E-state index in [1.54, 1.807) is 0 Å². The van der Waals surface area contributed by atoms with Crippen LogP contribution in [0.1, 0.15) is 137 Å². The lowest BCUT2D eigenvalue weighted by atomic mass is 9.93. The highest BCUT2D eigenvalue weighted by molar-refractivity contribution is 5.80. The molecule has 0 amide bonds. The van der Waals surface area contributed by atoms with Gasteiger partial charge in [0, 0.05) is 51.6 Å². The molecular formula is C60H75N3O3. The van der Waals surface area contributed by atoms with Gasteiger partial charge in [-0.2, -0.15) is 0 Å². The second-order valence-electron chi connectivity index (χ2n) is 21.0. The van der Waals surface area contributed by atoms with E-state index in [0.29, 0.717) is 35.0 Å². The Balaban J connectivity index is 1.12. The summed E-state index contributed by atoms with van der Waals surface area (Å²) < 4.78 is 18.3. The number of nitrogens with zero attached hydrogens (tertiary/aromatic N) is 3. The van der Waals surface area contributed by atoms with E-state index in [0.717, 1.165) is 87.5 Å². The maximum atomic E-state index is 6.09. The third-order valence-electron chi connectivity index (χ3n) is 13.3. The van der Waals surface area contributed by atoms with Gasteiger partial charge in [0.15, 0.2) is 17.3 Å². The van der Waals surface area contributed by atoms with Gasteiger partial charge in [0.1, 0.15) is 17.1 Å². The molecule has 6 nitrogen and oxygen atoms in total. The molecule has 0 N–H and O–H groups in total. The van der Waals surface area contributed by atoms with Crippen LogP contribution in [0.3, 0.4) is 0 Å². The minimum absolute atomic E-state index is 0.651. The van der Waals surface area contributed by atoms with Gasteiger partial charge >= 0.3 is 0 Å². The molecular weight excluding hydrogens is 811 g/mol. The Morgan fingerprint density at radius 1 is 0.318 bits per heavy atom. The van der Waals surface area contributed by atoms with E-state index in [1.807, 2.05) is 18.2 Å². The lowest BCUT2D eigenvalue weighted by Crippen LogP contribution is -2.01. The SMILES string of the molecule is CC(C)CCC[C@@H](C)Cc1ccc(-c2cc(-c3cc(-c4cc(-c5ccc(C[C@H](C)CCCC(C)C)cc5)no4)cc(-c4cc(-c5ccc(C[C@H](C)CCCC(C)C)cc5)no4)c3)on2)cc1. The van der Waals surface area contributed by atoms with Crippen molar-refractivity contribution in [1.82, 2.24) is 15.5 Å². The van der Waals surface area contributed by atoms with E-state index in [9.17, 15) is 0 Å². The molecule has 66 heavy (non-hydrogen) atoms. The lowest BCUT2D eigenvalue weighted by molar-refractivity contribution is 0.432. The number of aromatic nitrogens is 3. The lowest BCUT2D eigenvalue weighted by Gasteiger charge is -2.12. The van der Waals surface area contributed by atoms with Gasteiger partial charge in [-0.05, 0) is 89.7 Å².